The van der Waals surface area contributed by atoms with E-state index in [-0.39, 0.29) is 0 Å². The molecule has 2 aromatic carbocycles. The van der Waals surface area contributed by atoms with Gasteiger partial charge in [0.15, 0.2) is 5.11 Å². The summed E-state index contributed by atoms with van der Waals surface area (Å²) in [6, 6.07) is 15.8. The third kappa shape index (κ3) is 9.74. The summed E-state index contributed by atoms with van der Waals surface area (Å²) in [7, 11) is 0. The van der Waals surface area contributed by atoms with Crippen molar-refractivity contribution in [1.29, 1.82) is 0 Å². The monoisotopic (exact) mass is 427 g/mol. The molecule has 0 aliphatic heterocycles. The molecule has 0 aromatic heterocycles. The van der Waals surface area contributed by atoms with E-state index in [4.69, 9.17) is 21.7 Å². The highest BCUT2D eigenvalue weighted by Gasteiger charge is 1.98. The first-order valence-corrected chi connectivity index (χ1v) is 11.1. The molecule has 0 bridgehead atoms. The molecule has 0 radical (unpaired) electrons. The summed E-state index contributed by atoms with van der Waals surface area (Å²) in [6.07, 6.45) is 7.94. The van der Waals surface area contributed by atoms with Gasteiger partial charge in [0.05, 0.1) is 19.4 Å². The van der Waals surface area contributed by atoms with Crippen LogP contribution in [0.1, 0.15) is 57.1 Å². The number of ether oxygens (including phenoxy) is 2. The van der Waals surface area contributed by atoms with Crippen LogP contribution in [0.25, 0.3) is 0 Å². The molecule has 0 amide bonds. The van der Waals surface area contributed by atoms with Gasteiger partial charge in [0.2, 0.25) is 0 Å². The minimum absolute atomic E-state index is 0.475. The lowest BCUT2D eigenvalue weighted by Crippen LogP contribution is -2.31. The molecule has 2 rings (SSSR count). The van der Waals surface area contributed by atoms with Gasteiger partial charge >= 0.3 is 0 Å². The van der Waals surface area contributed by atoms with Crippen molar-refractivity contribution in [1.82, 2.24) is 10.7 Å². The predicted molar refractivity (Wildman–Crippen MR) is 128 cm³/mol. The minimum Gasteiger partial charge on any atom is -0.494 e. The zero-order valence-electron chi connectivity index (χ0n) is 18.0. The quantitative estimate of drug-likeness (QED) is 0.193. The van der Waals surface area contributed by atoms with Crippen LogP contribution in [0.5, 0.6) is 11.5 Å². The third-order valence-corrected chi connectivity index (χ3v) is 4.70. The average molecular weight is 428 g/mol. The largest absolute Gasteiger partial charge is 0.494 e. The Labute approximate surface area is 185 Å². The molecule has 6 heteroatoms. The molecule has 0 aliphatic carbocycles. The van der Waals surface area contributed by atoms with E-state index in [0.29, 0.717) is 18.3 Å². The number of thiocarbonyl (C=S) groups is 1. The molecule has 0 aliphatic rings. The fourth-order valence-electron chi connectivity index (χ4n) is 2.80. The summed E-state index contributed by atoms with van der Waals surface area (Å²) in [6.45, 7) is 6.26. The van der Waals surface area contributed by atoms with E-state index >= 15 is 0 Å². The first-order valence-electron chi connectivity index (χ1n) is 10.7. The summed E-state index contributed by atoms with van der Waals surface area (Å²) in [5.74, 6) is 1.76. The summed E-state index contributed by atoms with van der Waals surface area (Å²) in [5.41, 5.74) is 4.94. The fourth-order valence-corrected chi connectivity index (χ4v) is 2.93. The van der Waals surface area contributed by atoms with Gasteiger partial charge < -0.3 is 14.8 Å². The second kappa shape index (κ2) is 14.4. The van der Waals surface area contributed by atoms with Crippen molar-refractivity contribution < 1.29 is 9.47 Å². The van der Waals surface area contributed by atoms with E-state index in [1.807, 2.05) is 55.5 Å². The topological polar surface area (TPSA) is 54.9 Å². The molecule has 0 spiro atoms. The maximum atomic E-state index is 5.78. The highest BCUT2D eigenvalue weighted by Crippen LogP contribution is 2.13. The van der Waals surface area contributed by atoms with E-state index in [9.17, 15) is 0 Å². The Bertz CT molecular complexity index is 761. The first-order chi connectivity index (χ1) is 14.7. The number of benzene rings is 2. The van der Waals surface area contributed by atoms with Gasteiger partial charge in [0.25, 0.3) is 0 Å². The number of hydrogen-bond donors (Lipinski definition) is 2. The van der Waals surface area contributed by atoms with Crippen LogP contribution in [-0.2, 0) is 6.54 Å². The number of nitrogens with zero attached hydrogens (tertiary/aromatic N) is 1. The van der Waals surface area contributed by atoms with E-state index in [0.717, 1.165) is 35.7 Å². The molecule has 2 aromatic rings. The highest BCUT2D eigenvalue weighted by atomic mass is 32.1. The summed E-state index contributed by atoms with van der Waals surface area (Å²) in [5, 5.41) is 7.79. The fraction of sp³-hybridized carbons (Fsp3) is 0.417. The first kappa shape index (κ1) is 23.7. The predicted octanol–water partition coefficient (Wildman–Crippen LogP) is 5.43. The normalized spacial score (nSPS) is 10.7. The van der Waals surface area contributed by atoms with Crippen LogP contribution in [-0.4, -0.2) is 24.5 Å². The number of hydrazone groups is 1. The molecule has 162 valence electrons. The SMILES string of the molecule is CCCCCCCOc1ccc(/C=N/NC(=S)NCc2ccc(OCC)cc2)cc1. The Balaban J connectivity index is 1.64. The molecule has 30 heavy (non-hydrogen) atoms. The lowest BCUT2D eigenvalue weighted by molar-refractivity contribution is 0.304. The van der Waals surface area contributed by atoms with Crippen LogP contribution in [0, 0.1) is 0 Å². The number of unbranched alkanes of at least 4 members (excludes halogenated alkanes) is 4. The molecule has 0 fully saturated rings. The average Bonchev–Trinajstić information content (AvgIpc) is 2.77. The van der Waals surface area contributed by atoms with E-state index in [1.54, 1.807) is 6.21 Å². The summed E-state index contributed by atoms with van der Waals surface area (Å²) in [4.78, 5) is 0. The Morgan fingerprint density at radius 2 is 1.57 bits per heavy atom. The van der Waals surface area contributed by atoms with Gasteiger partial charge in [-0.15, -0.1) is 0 Å². The second-order valence-electron chi connectivity index (χ2n) is 6.96. The van der Waals surface area contributed by atoms with Crippen LogP contribution in [0.15, 0.2) is 53.6 Å². The Morgan fingerprint density at radius 1 is 0.900 bits per heavy atom. The maximum absolute atomic E-state index is 5.78. The molecule has 5 nitrogen and oxygen atoms in total. The molecule has 2 N–H and O–H groups in total. The number of hydrogen-bond acceptors (Lipinski definition) is 4. The third-order valence-electron chi connectivity index (χ3n) is 4.46. The molecular formula is C24H33N3O2S. The van der Waals surface area contributed by atoms with Crippen LogP contribution >= 0.6 is 12.2 Å². The van der Waals surface area contributed by atoms with Crippen molar-refractivity contribution in [2.45, 2.75) is 52.5 Å². The van der Waals surface area contributed by atoms with E-state index < -0.39 is 0 Å². The van der Waals surface area contributed by atoms with Crippen molar-refractivity contribution in [3.05, 3.63) is 59.7 Å². The second-order valence-corrected chi connectivity index (χ2v) is 7.37. The van der Waals surface area contributed by atoms with Crippen molar-refractivity contribution in [3.63, 3.8) is 0 Å². The Morgan fingerprint density at radius 3 is 2.27 bits per heavy atom. The summed E-state index contributed by atoms with van der Waals surface area (Å²) >= 11 is 5.26. The van der Waals surface area contributed by atoms with Crippen molar-refractivity contribution >= 4 is 23.5 Å². The molecule has 0 saturated carbocycles. The molecule has 0 saturated heterocycles. The van der Waals surface area contributed by atoms with Crippen molar-refractivity contribution in [3.8, 4) is 11.5 Å². The zero-order chi connectivity index (χ0) is 21.4. The van der Waals surface area contributed by atoms with Gasteiger partial charge in [-0.25, -0.2) is 0 Å². The van der Waals surface area contributed by atoms with Crippen molar-refractivity contribution in [2.24, 2.45) is 5.10 Å². The van der Waals surface area contributed by atoms with Crippen LogP contribution in [0.2, 0.25) is 0 Å². The maximum Gasteiger partial charge on any atom is 0.187 e. The van der Waals surface area contributed by atoms with Crippen LogP contribution in [0.3, 0.4) is 0 Å². The Hall–Kier alpha value is -2.60. The highest BCUT2D eigenvalue weighted by molar-refractivity contribution is 7.80. The lowest BCUT2D eigenvalue weighted by Gasteiger charge is -2.08. The van der Waals surface area contributed by atoms with Gasteiger partial charge in [-0.2, -0.15) is 5.10 Å². The number of rotatable bonds is 13. The van der Waals surface area contributed by atoms with Crippen LogP contribution in [0.4, 0.5) is 0 Å². The molecule has 0 heterocycles. The standard InChI is InChI=1S/C24H33N3O2S/c1-3-5-6-7-8-17-29-23-15-11-21(12-16-23)19-26-27-24(30)25-18-20-9-13-22(14-10-20)28-4-2/h9-16,19H,3-8,17-18H2,1-2H3,(H2,25,27,30)/b26-19+. The van der Waals surface area contributed by atoms with E-state index in [2.05, 4.69) is 22.8 Å². The van der Waals surface area contributed by atoms with Gasteiger partial charge in [-0.05, 0) is 73.1 Å². The minimum atomic E-state index is 0.475. The number of nitrogens with one attached hydrogen (secondary N) is 2. The summed E-state index contributed by atoms with van der Waals surface area (Å²) < 4.78 is 11.2. The molecule has 0 atom stereocenters. The Kier molecular flexibility index (Phi) is 11.4. The van der Waals surface area contributed by atoms with Gasteiger partial charge in [-0.3, -0.25) is 5.43 Å². The smallest absolute Gasteiger partial charge is 0.187 e. The zero-order valence-corrected chi connectivity index (χ0v) is 18.8. The van der Waals surface area contributed by atoms with E-state index in [1.165, 1.54) is 25.7 Å². The van der Waals surface area contributed by atoms with Gasteiger partial charge in [-0.1, -0.05) is 44.7 Å². The van der Waals surface area contributed by atoms with Crippen molar-refractivity contribution in [2.75, 3.05) is 13.2 Å². The van der Waals surface area contributed by atoms with Gasteiger partial charge in [0, 0.05) is 6.54 Å². The van der Waals surface area contributed by atoms with Gasteiger partial charge in [0.1, 0.15) is 11.5 Å². The molecule has 0 unspecified atom stereocenters. The lowest BCUT2D eigenvalue weighted by atomic mass is 10.2. The molecular weight excluding hydrogens is 394 g/mol. The van der Waals surface area contributed by atoms with Crippen LogP contribution < -0.4 is 20.2 Å².